The summed E-state index contributed by atoms with van der Waals surface area (Å²) < 4.78 is 5.27. The Hall–Kier alpha value is -2.26. The number of rotatable bonds is 3. The number of methoxy groups -OCH3 is 1. The van der Waals surface area contributed by atoms with Gasteiger partial charge in [-0.3, -0.25) is 4.79 Å². The van der Waals surface area contributed by atoms with E-state index in [4.69, 9.17) is 16.3 Å². The number of halogens is 1. The van der Waals surface area contributed by atoms with Gasteiger partial charge in [-0.15, -0.1) is 0 Å². The number of carbonyl (C=O) groups excluding carboxylic acids is 1. The number of ether oxygens (including phenoxy) is 1. The summed E-state index contributed by atoms with van der Waals surface area (Å²) in [6.45, 7) is 1.99. The summed E-state index contributed by atoms with van der Waals surface area (Å²) in [6, 6.07) is 11.0. The molecule has 0 aliphatic heterocycles. The number of aryl methyl sites for hydroxylation is 1. The molecule has 0 saturated heterocycles. The van der Waals surface area contributed by atoms with E-state index in [1.54, 1.807) is 24.4 Å². The third-order valence-electron chi connectivity index (χ3n) is 3.57. The lowest BCUT2D eigenvalue weighted by Crippen LogP contribution is -2.03. The summed E-state index contributed by atoms with van der Waals surface area (Å²) in [5.41, 5.74) is 3.16. The van der Waals surface area contributed by atoms with Gasteiger partial charge in [0, 0.05) is 27.7 Å². The van der Waals surface area contributed by atoms with Gasteiger partial charge in [0.1, 0.15) is 5.75 Å². The smallest absolute Gasteiger partial charge is 0.198 e. The molecule has 3 aromatic rings. The molecule has 1 aromatic heterocycles. The maximum absolute atomic E-state index is 12.8. The number of benzene rings is 2. The van der Waals surface area contributed by atoms with E-state index in [-0.39, 0.29) is 5.78 Å². The predicted molar refractivity (Wildman–Crippen MR) is 84.5 cm³/mol. The van der Waals surface area contributed by atoms with Gasteiger partial charge in [-0.2, -0.15) is 0 Å². The molecule has 0 radical (unpaired) electrons. The van der Waals surface area contributed by atoms with Crippen molar-refractivity contribution in [2.45, 2.75) is 6.92 Å². The van der Waals surface area contributed by atoms with E-state index < -0.39 is 0 Å². The van der Waals surface area contributed by atoms with Gasteiger partial charge in [0.05, 0.1) is 12.7 Å². The van der Waals surface area contributed by atoms with Crippen molar-refractivity contribution >= 4 is 28.3 Å². The van der Waals surface area contributed by atoms with Crippen molar-refractivity contribution in [2.24, 2.45) is 0 Å². The third-order valence-corrected chi connectivity index (χ3v) is 3.80. The first-order valence-electron chi connectivity index (χ1n) is 6.56. The zero-order chi connectivity index (χ0) is 15.0. The second-order valence-electron chi connectivity index (χ2n) is 4.87. The van der Waals surface area contributed by atoms with Crippen LogP contribution in [-0.4, -0.2) is 17.9 Å². The minimum Gasteiger partial charge on any atom is -0.496 e. The Morgan fingerprint density at radius 3 is 2.76 bits per heavy atom. The fourth-order valence-corrected chi connectivity index (χ4v) is 2.71. The maximum atomic E-state index is 12.8. The number of fused-ring (bicyclic) bond motifs is 1. The summed E-state index contributed by atoms with van der Waals surface area (Å²) in [7, 11) is 1.53. The monoisotopic (exact) mass is 299 g/mol. The van der Waals surface area contributed by atoms with Gasteiger partial charge < -0.3 is 9.72 Å². The first kappa shape index (κ1) is 13.7. The number of nitrogens with one attached hydrogen (secondary N) is 1. The van der Waals surface area contributed by atoms with Crippen LogP contribution in [0.3, 0.4) is 0 Å². The summed E-state index contributed by atoms with van der Waals surface area (Å²) in [6.07, 6.45) is 1.74. The summed E-state index contributed by atoms with van der Waals surface area (Å²) in [5, 5.41) is 1.48. The molecular weight excluding hydrogens is 286 g/mol. The van der Waals surface area contributed by atoms with Gasteiger partial charge in [0.15, 0.2) is 5.78 Å². The number of hydrogen-bond donors (Lipinski definition) is 1. The highest BCUT2D eigenvalue weighted by Crippen LogP contribution is 2.29. The van der Waals surface area contributed by atoms with Crippen molar-refractivity contribution in [3.8, 4) is 5.75 Å². The molecule has 1 heterocycles. The molecule has 3 rings (SSSR count). The predicted octanol–water partition coefficient (Wildman–Crippen LogP) is 4.37. The zero-order valence-electron chi connectivity index (χ0n) is 11.7. The Balaban J connectivity index is 2.17. The molecule has 0 unspecified atom stereocenters. The van der Waals surface area contributed by atoms with Crippen molar-refractivity contribution in [1.82, 2.24) is 4.98 Å². The Kier molecular flexibility index (Phi) is 3.43. The molecule has 0 saturated carbocycles. The van der Waals surface area contributed by atoms with Crippen molar-refractivity contribution in [3.63, 3.8) is 0 Å². The molecule has 2 aromatic carbocycles. The van der Waals surface area contributed by atoms with Crippen molar-refractivity contribution < 1.29 is 9.53 Å². The fourth-order valence-electron chi connectivity index (χ4n) is 2.54. The largest absolute Gasteiger partial charge is 0.496 e. The molecule has 3 nitrogen and oxygen atoms in total. The van der Waals surface area contributed by atoms with Gasteiger partial charge in [0.2, 0.25) is 0 Å². The number of aromatic nitrogens is 1. The molecule has 0 aliphatic rings. The van der Waals surface area contributed by atoms with E-state index in [9.17, 15) is 4.79 Å². The average Bonchev–Trinajstić information content (AvgIpc) is 2.92. The quantitative estimate of drug-likeness (QED) is 0.730. The van der Waals surface area contributed by atoms with Gasteiger partial charge in [-0.05, 0) is 36.8 Å². The van der Waals surface area contributed by atoms with Gasteiger partial charge >= 0.3 is 0 Å². The van der Waals surface area contributed by atoms with Gasteiger partial charge in [-0.1, -0.05) is 23.7 Å². The van der Waals surface area contributed by atoms with Crippen LogP contribution >= 0.6 is 11.6 Å². The van der Waals surface area contributed by atoms with E-state index >= 15 is 0 Å². The summed E-state index contributed by atoms with van der Waals surface area (Å²) >= 11 is 5.95. The highest BCUT2D eigenvalue weighted by atomic mass is 35.5. The van der Waals surface area contributed by atoms with Gasteiger partial charge in [-0.25, -0.2) is 0 Å². The lowest BCUT2D eigenvalue weighted by atomic mass is 9.99. The summed E-state index contributed by atoms with van der Waals surface area (Å²) in [5.74, 6) is 0.402. The molecule has 0 aliphatic carbocycles. The highest BCUT2D eigenvalue weighted by Gasteiger charge is 2.19. The molecule has 106 valence electrons. The minimum atomic E-state index is -0.0796. The number of ketones is 1. The Bertz CT molecular complexity index is 836. The fraction of sp³-hybridized carbons (Fsp3) is 0.118. The Morgan fingerprint density at radius 1 is 1.19 bits per heavy atom. The first-order chi connectivity index (χ1) is 10.1. The van der Waals surface area contributed by atoms with E-state index in [2.05, 4.69) is 4.98 Å². The standard InChI is InChI=1S/C17H14ClNO2/c1-10-4-3-5-14-16(10)13(9-19-14)17(20)12-7-6-11(18)8-15(12)21-2/h3-9,19H,1-2H3. The normalized spacial score (nSPS) is 10.8. The topological polar surface area (TPSA) is 42.1 Å². The van der Waals surface area contributed by atoms with Crippen LogP contribution < -0.4 is 4.74 Å². The van der Waals surface area contributed by atoms with E-state index in [1.807, 2.05) is 25.1 Å². The van der Waals surface area contributed by atoms with Crippen LogP contribution in [0.15, 0.2) is 42.6 Å². The third kappa shape index (κ3) is 2.30. The molecular formula is C17H14ClNO2. The van der Waals surface area contributed by atoms with Crippen LogP contribution in [0.25, 0.3) is 10.9 Å². The maximum Gasteiger partial charge on any atom is 0.198 e. The van der Waals surface area contributed by atoms with Gasteiger partial charge in [0.25, 0.3) is 0 Å². The molecule has 4 heteroatoms. The second kappa shape index (κ2) is 5.26. The molecule has 21 heavy (non-hydrogen) atoms. The lowest BCUT2D eigenvalue weighted by Gasteiger charge is -2.08. The second-order valence-corrected chi connectivity index (χ2v) is 5.31. The van der Waals surface area contributed by atoms with Crippen molar-refractivity contribution in [3.05, 3.63) is 64.3 Å². The van der Waals surface area contributed by atoms with Crippen LogP contribution in [0.2, 0.25) is 5.02 Å². The summed E-state index contributed by atoms with van der Waals surface area (Å²) in [4.78, 5) is 16.0. The molecule has 0 amide bonds. The molecule has 1 N–H and O–H groups in total. The molecule has 0 fully saturated rings. The molecule has 0 bridgehead atoms. The van der Waals surface area contributed by atoms with E-state index in [0.717, 1.165) is 16.5 Å². The number of carbonyl (C=O) groups is 1. The zero-order valence-corrected chi connectivity index (χ0v) is 12.5. The van der Waals surface area contributed by atoms with Crippen LogP contribution in [-0.2, 0) is 0 Å². The van der Waals surface area contributed by atoms with E-state index in [1.165, 1.54) is 7.11 Å². The highest BCUT2D eigenvalue weighted by molar-refractivity contribution is 6.31. The SMILES string of the molecule is COc1cc(Cl)ccc1C(=O)c1c[nH]c2cccc(C)c12. The number of H-pyrrole nitrogens is 1. The molecule has 0 atom stereocenters. The Labute approximate surface area is 127 Å². The molecule has 0 spiro atoms. The Morgan fingerprint density at radius 2 is 2.00 bits per heavy atom. The number of hydrogen-bond acceptors (Lipinski definition) is 2. The van der Waals surface area contributed by atoms with Crippen LogP contribution in [0.4, 0.5) is 0 Å². The lowest BCUT2D eigenvalue weighted by molar-refractivity contribution is 0.103. The van der Waals surface area contributed by atoms with E-state index in [0.29, 0.717) is 21.9 Å². The minimum absolute atomic E-state index is 0.0796. The average molecular weight is 300 g/mol. The van der Waals surface area contributed by atoms with Crippen molar-refractivity contribution in [2.75, 3.05) is 7.11 Å². The first-order valence-corrected chi connectivity index (χ1v) is 6.94. The van der Waals surface area contributed by atoms with Crippen LogP contribution in [0.1, 0.15) is 21.5 Å². The van der Waals surface area contributed by atoms with Crippen LogP contribution in [0.5, 0.6) is 5.75 Å². The number of aromatic amines is 1. The van der Waals surface area contributed by atoms with Crippen molar-refractivity contribution in [1.29, 1.82) is 0 Å². The van der Waals surface area contributed by atoms with Crippen LogP contribution in [0, 0.1) is 6.92 Å².